The standard InChI is InChI=1S/C14H20BrNO4S/c1-4-6-11(5-2)16-21(19,20)13-8-10(14(17)18)7-12(15)9(13)3/h7-8,11,16H,4-6H2,1-3H3,(H,17,18). The van der Waals surface area contributed by atoms with Crippen LogP contribution in [0.4, 0.5) is 0 Å². The number of rotatable bonds is 7. The molecule has 0 aliphatic carbocycles. The van der Waals surface area contributed by atoms with E-state index in [1.165, 1.54) is 12.1 Å². The molecule has 0 saturated heterocycles. The average molecular weight is 378 g/mol. The van der Waals surface area contributed by atoms with Crippen molar-refractivity contribution in [3.63, 3.8) is 0 Å². The van der Waals surface area contributed by atoms with Crippen molar-refractivity contribution in [1.29, 1.82) is 0 Å². The van der Waals surface area contributed by atoms with Crippen LogP contribution in [0.3, 0.4) is 0 Å². The lowest BCUT2D eigenvalue weighted by Crippen LogP contribution is -2.34. The molecule has 1 atom stereocenters. The van der Waals surface area contributed by atoms with Crippen LogP contribution in [0.5, 0.6) is 0 Å². The highest BCUT2D eigenvalue weighted by Crippen LogP contribution is 2.26. The zero-order valence-electron chi connectivity index (χ0n) is 12.3. The fraction of sp³-hybridized carbons (Fsp3) is 0.500. The van der Waals surface area contributed by atoms with Crippen molar-refractivity contribution in [2.45, 2.75) is 51.0 Å². The maximum absolute atomic E-state index is 12.5. The number of carboxylic acid groups (broad SMARTS) is 1. The number of sulfonamides is 1. The van der Waals surface area contributed by atoms with Crippen molar-refractivity contribution in [2.24, 2.45) is 0 Å². The Kier molecular flexibility index (Phi) is 6.37. The molecule has 21 heavy (non-hydrogen) atoms. The highest BCUT2D eigenvalue weighted by molar-refractivity contribution is 9.10. The van der Waals surface area contributed by atoms with E-state index in [0.717, 1.165) is 12.8 Å². The lowest BCUT2D eigenvalue weighted by molar-refractivity contribution is 0.0696. The average Bonchev–Trinajstić information content (AvgIpc) is 2.40. The van der Waals surface area contributed by atoms with Gasteiger partial charge in [0.2, 0.25) is 10.0 Å². The topological polar surface area (TPSA) is 83.5 Å². The number of aromatic carboxylic acids is 1. The van der Waals surface area contributed by atoms with Gasteiger partial charge in [-0.2, -0.15) is 0 Å². The van der Waals surface area contributed by atoms with Crippen LogP contribution in [0.2, 0.25) is 0 Å². The first-order valence-corrected chi connectivity index (χ1v) is 9.06. The summed E-state index contributed by atoms with van der Waals surface area (Å²) in [6, 6.07) is 2.45. The molecule has 0 radical (unpaired) electrons. The van der Waals surface area contributed by atoms with E-state index in [-0.39, 0.29) is 16.5 Å². The van der Waals surface area contributed by atoms with Crippen molar-refractivity contribution in [2.75, 3.05) is 0 Å². The first-order valence-electron chi connectivity index (χ1n) is 6.78. The van der Waals surface area contributed by atoms with Crippen LogP contribution in [0.25, 0.3) is 0 Å². The fourth-order valence-corrected chi connectivity index (χ4v) is 4.27. The van der Waals surface area contributed by atoms with E-state index in [1.807, 2.05) is 13.8 Å². The summed E-state index contributed by atoms with van der Waals surface area (Å²) >= 11 is 3.22. The fourth-order valence-electron chi connectivity index (χ4n) is 2.03. The minimum atomic E-state index is -3.75. The van der Waals surface area contributed by atoms with Crippen LogP contribution in [0.15, 0.2) is 21.5 Å². The van der Waals surface area contributed by atoms with Gasteiger partial charge in [-0.25, -0.2) is 17.9 Å². The minimum absolute atomic E-state index is 0.00354. The maximum Gasteiger partial charge on any atom is 0.335 e. The van der Waals surface area contributed by atoms with E-state index in [9.17, 15) is 13.2 Å². The summed E-state index contributed by atoms with van der Waals surface area (Å²) in [5.41, 5.74) is 0.440. The second kappa shape index (κ2) is 7.38. The summed E-state index contributed by atoms with van der Waals surface area (Å²) in [6.45, 7) is 5.55. The molecule has 0 aliphatic heterocycles. The molecule has 118 valence electrons. The molecule has 1 rings (SSSR count). The third-order valence-corrected chi connectivity index (χ3v) is 5.76. The van der Waals surface area contributed by atoms with E-state index in [4.69, 9.17) is 5.11 Å². The number of halogens is 1. The molecule has 1 aromatic rings. The number of hydrogen-bond donors (Lipinski definition) is 2. The van der Waals surface area contributed by atoms with Gasteiger partial charge in [0, 0.05) is 10.5 Å². The molecule has 0 bridgehead atoms. The summed E-state index contributed by atoms with van der Waals surface area (Å²) in [5, 5.41) is 9.07. The molecule has 0 saturated carbocycles. The molecule has 0 spiro atoms. The number of benzene rings is 1. The Morgan fingerprint density at radius 2 is 2.00 bits per heavy atom. The number of hydrogen-bond acceptors (Lipinski definition) is 3. The third kappa shape index (κ3) is 4.52. The van der Waals surface area contributed by atoms with Crippen molar-refractivity contribution < 1.29 is 18.3 Å². The van der Waals surface area contributed by atoms with Crippen LogP contribution in [-0.2, 0) is 10.0 Å². The molecule has 5 nitrogen and oxygen atoms in total. The van der Waals surface area contributed by atoms with Gasteiger partial charge in [-0.15, -0.1) is 0 Å². The van der Waals surface area contributed by atoms with E-state index in [2.05, 4.69) is 20.7 Å². The Hall–Kier alpha value is -0.920. The van der Waals surface area contributed by atoms with Crippen LogP contribution >= 0.6 is 15.9 Å². The predicted molar refractivity (Wildman–Crippen MR) is 85.1 cm³/mol. The number of carboxylic acids is 1. The van der Waals surface area contributed by atoms with Gasteiger partial charge in [0.25, 0.3) is 0 Å². The summed E-state index contributed by atoms with van der Waals surface area (Å²) in [4.78, 5) is 11.1. The first kappa shape index (κ1) is 18.1. The number of nitrogens with one attached hydrogen (secondary N) is 1. The monoisotopic (exact) mass is 377 g/mol. The highest BCUT2D eigenvalue weighted by atomic mass is 79.9. The molecule has 1 aromatic carbocycles. The van der Waals surface area contributed by atoms with Crippen LogP contribution in [0.1, 0.15) is 49.0 Å². The summed E-state index contributed by atoms with van der Waals surface area (Å²) < 4.78 is 28.1. The normalized spacial score (nSPS) is 13.1. The van der Waals surface area contributed by atoms with Crippen molar-refractivity contribution in [3.8, 4) is 0 Å². The zero-order valence-corrected chi connectivity index (χ0v) is 14.7. The third-order valence-electron chi connectivity index (χ3n) is 3.28. The van der Waals surface area contributed by atoms with E-state index in [0.29, 0.717) is 16.5 Å². The Bertz CT molecular complexity index is 628. The minimum Gasteiger partial charge on any atom is -0.478 e. The Balaban J connectivity index is 3.27. The van der Waals surface area contributed by atoms with E-state index < -0.39 is 16.0 Å². The van der Waals surface area contributed by atoms with Crippen LogP contribution < -0.4 is 4.72 Å². The van der Waals surface area contributed by atoms with E-state index in [1.54, 1.807) is 6.92 Å². The van der Waals surface area contributed by atoms with Crippen molar-refractivity contribution in [1.82, 2.24) is 4.72 Å². The second-order valence-corrected chi connectivity index (χ2v) is 7.44. The quantitative estimate of drug-likeness (QED) is 0.763. The van der Waals surface area contributed by atoms with Crippen LogP contribution in [0, 0.1) is 6.92 Å². The van der Waals surface area contributed by atoms with Gasteiger partial charge < -0.3 is 5.11 Å². The largest absolute Gasteiger partial charge is 0.478 e. The molecule has 0 aromatic heterocycles. The van der Waals surface area contributed by atoms with Gasteiger partial charge in [0.1, 0.15) is 0 Å². The number of carbonyl (C=O) groups is 1. The molecule has 0 aliphatic rings. The summed E-state index contributed by atoms with van der Waals surface area (Å²) in [6.07, 6.45) is 2.30. The smallest absolute Gasteiger partial charge is 0.335 e. The van der Waals surface area contributed by atoms with Gasteiger partial charge >= 0.3 is 5.97 Å². The van der Waals surface area contributed by atoms with Gasteiger partial charge in [-0.3, -0.25) is 0 Å². The van der Waals surface area contributed by atoms with Crippen LogP contribution in [-0.4, -0.2) is 25.5 Å². The molecular weight excluding hydrogens is 358 g/mol. The molecule has 2 N–H and O–H groups in total. The second-order valence-electron chi connectivity index (χ2n) is 4.90. The SMILES string of the molecule is CCCC(CC)NS(=O)(=O)c1cc(C(=O)O)cc(Br)c1C. The van der Waals surface area contributed by atoms with Gasteiger partial charge in [-0.1, -0.05) is 36.2 Å². The lowest BCUT2D eigenvalue weighted by atomic mass is 10.1. The summed E-state index contributed by atoms with van der Waals surface area (Å²) in [7, 11) is -3.75. The van der Waals surface area contributed by atoms with Crippen molar-refractivity contribution in [3.05, 3.63) is 27.7 Å². The lowest BCUT2D eigenvalue weighted by Gasteiger charge is -2.18. The Labute approximate surface area is 133 Å². The Morgan fingerprint density at radius 3 is 2.48 bits per heavy atom. The van der Waals surface area contributed by atoms with E-state index >= 15 is 0 Å². The molecule has 0 fully saturated rings. The van der Waals surface area contributed by atoms with Crippen molar-refractivity contribution >= 4 is 31.9 Å². The molecule has 1 unspecified atom stereocenters. The molecule has 0 heterocycles. The molecular formula is C14H20BrNO4S. The Morgan fingerprint density at radius 1 is 1.38 bits per heavy atom. The van der Waals surface area contributed by atoms with Gasteiger partial charge in [-0.05, 0) is 37.5 Å². The maximum atomic E-state index is 12.5. The summed E-state index contributed by atoms with van der Waals surface area (Å²) in [5.74, 6) is -1.16. The predicted octanol–water partition coefficient (Wildman–Crippen LogP) is 3.31. The molecule has 0 amide bonds. The highest BCUT2D eigenvalue weighted by Gasteiger charge is 2.23. The molecule has 7 heteroatoms. The zero-order chi connectivity index (χ0) is 16.2. The van der Waals surface area contributed by atoms with Gasteiger partial charge in [0.05, 0.1) is 10.5 Å². The van der Waals surface area contributed by atoms with Gasteiger partial charge in [0.15, 0.2) is 0 Å². The first-order chi connectivity index (χ1) is 9.72.